The Balaban J connectivity index is 1.93. The quantitative estimate of drug-likeness (QED) is 0.805. The lowest BCUT2D eigenvalue weighted by Gasteiger charge is -2.42. The van der Waals surface area contributed by atoms with Crippen LogP contribution in [0.15, 0.2) is 27.8 Å². The van der Waals surface area contributed by atoms with E-state index in [9.17, 15) is 10.1 Å². The van der Waals surface area contributed by atoms with Crippen molar-refractivity contribution in [1.82, 2.24) is 5.43 Å². The van der Waals surface area contributed by atoms with Crippen molar-refractivity contribution in [3.8, 4) is 6.07 Å². The van der Waals surface area contributed by atoms with Gasteiger partial charge in [-0.1, -0.05) is 15.9 Å². The molecule has 6 nitrogen and oxygen atoms in total. The number of benzene rings is 1. The molecule has 1 unspecified atom stereocenters. The van der Waals surface area contributed by atoms with E-state index in [2.05, 4.69) is 32.5 Å². The van der Waals surface area contributed by atoms with Crippen LogP contribution in [0.25, 0.3) is 0 Å². The number of hydrogen-bond acceptors (Lipinski definition) is 5. The first-order chi connectivity index (χ1) is 11.9. The lowest BCUT2D eigenvalue weighted by atomic mass is 9.73. The van der Waals surface area contributed by atoms with Gasteiger partial charge in [-0.25, -0.2) is 10.2 Å². The highest BCUT2D eigenvalue weighted by Crippen LogP contribution is 2.41. The number of nitriles is 1. The van der Waals surface area contributed by atoms with E-state index in [1.54, 1.807) is 12.1 Å². The fourth-order valence-corrected chi connectivity index (χ4v) is 4.21. The molecule has 1 aromatic carbocycles. The molecule has 3 rings (SSSR count). The zero-order valence-corrected chi connectivity index (χ0v) is 15.7. The molecule has 2 aliphatic rings. The van der Waals surface area contributed by atoms with Gasteiger partial charge in [0.1, 0.15) is 5.71 Å². The molecule has 132 valence electrons. The standard InChI is InChI=1S/C18H21BrN4O2/c1-11(21)8-12-4-6-18(7-5-12)16(22-23-17(24)25-18)14-9-13(10-20)2-3-15(14)19/h2-3,9,11-12H,4-8,21H2,1H3,(H,23,24). The molecule has 1 aliphatic carbocycles. The third-order valence-corrected chi connectivity index (χ3v) is 5.64. The molecule has 1 aliphatic heterocycles. The van der Waals surface area contributed by atoms with Crippen molar-refractivity contribution in [3.05, 3.63) is 33.8 Å². The Hall–Kier alpha value is -1.91. The first-order valence-electron chi connectivity index (χ1n) is 8.46. The maximum atomic E-state index is 11.9. The van der Waals surface area contributed by atoms with Crippen LogP contribution in [0.1, 0.15) is 50.2 Å². The monoisotopic (exact) mass is 404 g/mol. The Morgan fingerprint density at radius 3 is 2.88 bits per heavy atom. The van der Waals surface area contributed by atoms with Gasteiger partial charge in [-0.3, -0.25) is 0 Å². The second-order valence-corrected chi connectivity index (χ2v) is 7.77. The minimum Gasteiger partial charge on any atom is -0.435 e. The number of nitrogens with two attached hydrogens (primary N) is 1. The Labute approximate surface area is 155 Å². The minimum absolute atomic E-state index is 0.171. The van der Waals surface area contributed by atoms with Gasteiger partial charge in [-0.2, -0.15) is 10.4 Å². The van der Waals surface area contributed by atoms with Crippen molar-refractivity contribution in [2.24, 2.45) is 16.8 Å². The molecule has 1 saturated carbocycles. The SMILES string of the molecule is CC(N)CC1CCC2(CC1)OC(=O)NN=C2c1cc(C#N)ccc1Br. The van der Waals surface area contributed by atoms with E-state index in [-0.39, 0.29) is 6.04 Å². The molecule has 0 saturated heterocycles. The highest BCUT2D eigenvalue weighted by Gasteiger charge is 2.46. The highest BCUT2D eigenvalue weighted by molar-refractivity contribution is 9.10. The predicted octanol–water partition coefficient (Wildman–Crippen LogP) is 3.43. The molecule has 1 fully saturated rings. The summed E-state index contributed by atoms with van der Waals surface area (Å²) in [5.74, 6) is 0.536. The average Bonchev–Trinajstić information content (AvgIpc) is 2.58. The van der Waals surface area contributed by atoms with Crippen LogP contribution in [0.2, 0.25) is 0 Å². The number of nitrogens with one attached hydrogen (secondary N) is 1. The molecule has 1 atom stereocenters. The van der Waals surface area contributed by atoms with Gasteiger partial charge in [0.2, 0.25) is 0 Å². The van der Waals surface area contributed by atoms with Crippen LogP contribution in [-0.2, 0) is 4.74 Å². The van der Waals surface area contributed by atoms with Crippen LogP contribution in [-0.4, -0.2) is 23.4 Å². The summed E-state index contributed by atoms with van der Waals surface area (Å²) in [6.45, 7) is 2.02. The van der Waals surface area contributed by atoms with Crippen LogP contribution in [0, 0.1) is 17.2 Å². The molecule has 1 heterocycles. The normalized spacial score (nSPS) is 27.0. The van der Waals surface area contributed by atoms with Gasteiger partial charge >= 0.3 is 6.09 Å². The Morgan fingerprint density at radius 2 is 2.24 bits per heavy atom. The van der Waals surface area contributed by atoms with Gasteiger partial charge in [0.05, 0.1) is 11.6 Å². The van der Waals surface area contributed by atoms with Crippen molar-refractivity contribution in [1.29, 1.82) is 5.26 Å². The third kappa shape index (κ3) is 3.70. The van der Waals surface area contributed by atoms with Crippen molar-refractivity contribution in [2.75, 3.05) is 0 Å². The maximum Gasteiger partial charge on any atom is 0.428 e. The van der Waals surface area contributed by atoms with E-state index in [4.69, 9.17) is 10.5 Å². The van der Waals surface area contributed by atoms with Gasteiger partial charge < -0.3 is 10.5 Å². The molecular weight excluding hydrogens is 384 g/mol. The fourth-order valence-electron chi connectivity index (χ4n) is 3.78. The Bertz CT molecular complexity index is 746. The Morgan fingerprint density at radius 1 is 1.52 bits per heavy atom. The number of hydrazone groups is 1. The number of carbonyl (C=O) groups is 1. The number of nitrogens with zero attached hydrogens (tertiary/aromatic N) is 2. The maximum absolute atomic E-state index is 11.9. The van der Waals surface area contributed by atoms with E-state index < -0.39 is 11.7 Å². The first-order valence-corrected chi connectivity index (χ1v) is 9.25. The van der Waals surface area contributed by atoms with Crippen molar-refractivity contribution < 1.29 is 9.53 Å². The summed E-state index contributed by atoms with van der Waals surface area (Å²) < 4.78 is 6.57. The molecule has 1 spiro atoms. The Kier molecular flexibility index (Phi) is 5.11. The van der Waals surface area contributed by atoms with E-state index in [0.29, 0.717) is 30.0 Å². The topological polar surface area (TPSA) is 100 Å². The molecule has 7 heteroatoms. The summed E-state index contributed by atoms with van der Waals surface area (Å²) >= 11 is 3.53. The zero-order valence-electron chi connectivity index (χ0n) is 14.1. The molecule has 3 N–H and O–H groups in total. The van der Waals surface area contributed by atoms with Crippen LogP contribution >= 0.6 is 15.9 Å². The summed E-state index contributed by atoms with van der Waals surface area (Å²) in [6, 6.07) is 7.65. The fraction of sp³-hybridized carbons (Fsp3) is 0.500. The van der Waals surface area contributed by atoms with Crippen LogP contribution in [0.5, 0.6) is 0 Å². The molecule has 0 bridgehead atoms. The number of hydrogen-bond donors (Lipinski definition) is 2. The van der Waals surface area contributed by atoms with Gasteiger partial charge in [0.15, 0.2) is 5.60 Å². The first kappa shape index (κ1) is 17.9. The summed E-state index contributed by atoms with van der Waals surface area (Å²) in [6.07, 6.45) is 3.73. The van der Waals surface area contributed by atoms with Gasteiger partial charge in [0, 0.05) is 16.1 Å². The van der Waals surface area contributed by atoms with Gasteiger partial charge in [-0.15, -0.1) is 0 Å². The van der Waals surface area contributed by atoms with Crippen molar-refractivity contribution in [2.45, 2.75) is 50.7 Å². The average molecular weight is 405 g/mol. The summed E-state index contributed by atoms with van der Waals surface area (Å²) in [7, 11) is 0. The number of ether oxygens (including phenoxy) is 1. The second-order valence-electron chi connectivity index (χ2n) is 6.92. The van der Waals surface area contributed by atoms with Crippen molar-refractivity contribution in [3.63, 3.8) is 0 Å². The largest absolute Gasteiger partial charge is 0.435 e. The smallest absolute Gasteiger partial charge is 0.428 e. The molecule has 0 aromatic heterocycles. The van der Waals surface area contributed by atoms with Crippen LogP contribution < -0.4 is 11.2 Å². The third-order valence-electron chi connectivity index (χ3n) is 4.95. The molecular formula is C18H21BrN4O2. The summed E-state index contributed by atoms with van der Waals surface area (Å²) in [5.41, 5.74) is 9.60. The lowest BCUT2D eigenvalue weighted by Crippen LogP contribution is -2.52. The predicted molar refractivity (Wildman–Crippen MR) is 98.0 cm³/mol. The van der Waals surface area contributed by atoms with Gasteiger partial charge in [0.25, 0.3) is 0 Å². The molecule has 25 heavy (non-hydrogen) atoms. The van der Waals surface area contributed by atoms with E-state index in [0.717, 1.165) is 29.3 Å². The summed E-state index contributed by atoms with van der Waals surface area (Å²) in [4.78, 5) is 11.9. The molecule has 1 aromatic rings. The highest BCUT2D eigenvalue weighted by atomic mass is 79.9. The minimum atomic E-state index is -0.743. The van der Waals surface area contributed by atoms with E-state index >= 15 is 0 Å². The number of carbonyl (C=O) groups excluding carboxylic acids is 1. The number of halogens is 1. The number of amides is 1. The number of rotatable bonds is 3. The van der Waals surface area contributed by atoms with E-state index in [1.807, 2.05) is 13.0 Å². The zero-order chi connectivity index (χ0) is 18.0. The van der Waals surface area contributed by atoms with Crippen LogP contribution in [0.4, 0.5) is 4.79 Å². The second kappa shape index (κ2) is 7.14. The molecule has 1 amide bonds. The van der Waals surface area contributed by atoms with E-state index in [1.165, 1.54) is 0 Å². The van der Waals surface area contributed by atoms with Crippen LogP contribution in [0.3, 0.4) is 0 Å². The van der Waals surface area contributed by atoms with Crippen molar-refractivity contribution >= 4 is 27.7 Å². The lowest BCUT2D eigenvalue weighted by molar-refractivity contribution is 0.0158. The summed E-state index contributed by atoms with van der Waals surface area (Å²) in [5, 5.41) is 13.5. The molecule has 0 radical (unpaired) electrons. The van der Waals surface area contributed by atoms with Gasteiger partial charge in [-0.05, 0) is 63.1 Å².